The zero-order chi connectivity index (χ0) is 19.0. The number of aliphatic hydroxyl groups is 2. The van der Waals surface area contributed by atoms with Gasteiger partial charge >= 0.3 is 5.97 Å². The molecule has 3 fully saturated rings. The number of hydrogen-bond acceptors (Lipinski definition) is 4. The van der Waals surface area contributed by atoms with Crippen LogP contribution in [0.1, 0.15) is 65.2 Å². The van der Waals surface area contributed by atoms with Gasteiger partial charge < -0.3 is 14.9 Å². The summed E-state index contributed by atoms with van der Waals surface area (Å²) in [5.74, 6) is 0.804. The van der Waals surface area contributed by atoms with Crippen molar-refractivity contribution in [2.75, 3.05) is 6.61 Å². The van der Waals surface area contributed by atoms with Crippen molar-refractivity contribution in [1.29, 1.82) is 0 Å². The number of aliphatic hydroxyl groups excluding tert-OH is 1. The Morgan fingerprint density at radius 3 is 2.67 bits per heavy atom. The Labute approximate surface area is 161 Å². The quantitative estimate of drug-likeness (QED) is 0.546. The summed E-state index contributed by atoms with van der Waals surface area (Å²) in [4.78, 5) is 11.6. The summed E-state index contributed by atoms with van der Waals surface area (Å²) in [7, 11) is 0. The molecule has 27 heavy (non-hydrogen) atoms. The smallest absolute Gasteiger partial charge is 0.331 e. The normalized spacial score (nSPS) is 51.6. The van der Waals surface area contributed by atoms with E-state index in [1.165, 1.54) is 5.57 Å². The van der Waals surface area contributed by atoms with E-state index in [0.29, 0.717) is 12.5 Å². The van der Waals surface area contributed by atoms with Crippen LogP contribution in [-0.2, 0) is 9.53 Å². The molecule has 5 aliphatic rings. The molecule has 7 atom stereocenters. The van der Waals surface area contributed by atoms with Gasteiger partial charge in [0.15, 0.2) is 0 Å². The van der Waals surface area contributed by atoms with Gasteiger partial charge in [-0.15, -0.1) is 0 Å². The van der Waals surface area contributed by atoms with Crippen molar-refractivity contribution in [3.8, 4) is 0 Å². The van der Waals surface area contributed by atoms with Gasteiger partial charge in [0.05, 0.1) is 11.7 Å². The number of ether oxygens (including phenoxy) is 1. The van der Waals surface area contributed by atoms with Gasteiger partial charge in [-0.3, -0.25) is 0 Å². The number of carbonyl (C=O) groups excluding carboxylic acids is 1. The number of esters is 1. The molecule has 0 aromatic carbocycles. The van der Waals surface area contributed by atoms with E-state index in [0.717, 1.165) is 56.9 Å². The van der Waals surface area contributed by atoms with Crippen molar-refractivity contribution >= 4 is 5.97 Å². The fourth-order valence-electron chi connectivity index (χ4n) is 7.79. The Balaban J connectivity index is 1.50. The van der Waals surface area contributed by atoms with Gasteiger partial charge in [0.2, 0.25) is 0 Å². The van der Waals surface area contributed by atoms with Crippen molar-refractivity contribution in [2.45, 2.75) is 76.9 Å². The Morgan fingerprint density at radius 2 is 1.93 bits per heavy atom. The van der Waals surface area contributed by atoms with Crippen LogP contribution in [0.25, 0.3) is 0 Å². The first kappa shape index (κ1) is 17.9. The van der Waals surface area contributed by atoms with E-state index < -0.39 is 5.60 Å². The maximum absolute atomic E-state index is 12.1. The van der Waals surface area contributed by atoms with Crippen molar-refractivity contribution in [3.05, 3.63) is 23.3 Å². The summed E-state index contributed by atoms with van der Waals surface area (Å²) in [6.45, 7) is 5.05. The van der Waals surface area contributed by atoms with Gasteiger partial charge in [-0.1, -0.05) is 25.5 Å². The predicted molar refractivity (Wildman–Crippen MR) is 102 cm³/mol. The van der Waals surface area contributed by atoms with E-state index in [4.69, 9.17) is 4.74 Å². The highest BCUT2D eigenvalue weighted by molar-refractivity contribution is 5.85. The van der Waals surface area contributed by atoms with Gasteiger partial charge in [-0.05, 0) is 80.1 Å². The van der Waals surface area contributed by atoms with Gasteiger partial charge in [0.25, 0.3) is 0 Å². The zero-order valence-electron chi connectivity index (χ0n) is 16.5. The third kappa shape index (κ3) is 2.26. The minimum Gasteiger partial charge on any atom is -0.458 e. The Bertz CT molecular complexity index is 739. The van der Waals surface area contributed by atoms with Crippen molar-refractivity contribution in [2.24, 2.45) is 28.6 Å². The number of hydrogen-bond donors (Lipinski definition) is 2. The molecule has 0 saturated heterocycles. The second-order valence-electron chi connectivity index (χ2n) is 10.3. The summed E-state index contributed by atoms with van der Waals surface area (Å²) in [5, 5.41) is 22.2. The van der Waals surface area contributed by atoms with Crippen LogP contribution < -0.4 is 0 Å². The molecule has 4 aliphatic carbocycles. The highest BCUT2D eigenvalue weighted by Crippen LogP contribution is 2.68. The molecule has 1 unspecified atom stereocenters. The van der Waals surface area contributed by atoms with E-state index in [1.807, 2.05) is 0 Å². The highest BCUT2D eigenvalue weighted by Gasteiger charge is 2.66. The lowest BCUT2D eigenvalue weighted by Gasteiger charge is -2.61. The molecule has 2 N–H and O–H groups in total. The first-order valence-electron chi connectivity index (χ1n) is 10.8. The Kier molecular flexibility index (Phi) is 3.78. The third-order valence-electron chi connectivity index (χ3n) is 9.40. The largest absolute Gasteiger partial charge is 0.458 e. The number of fused-ring (bicyclic) bond motifs is 5. The fraction of sp³-hybridized carbons (Fsp3) is 0.783. The second-order valence-corrected chi connectivity index (χ2v) is 10.3. The topological polar surface area (TPSA) is 66.8 Å². The maximum Gasteiger partial charge on any atom is 0.331 e. The Hall–Kier alpha value is -1.13. The number of rotatable bonds is 1. The van der Waals surface area contributed by atoms with Crippen LogP contribution in [0.15, 0.2) is 23.3 Å². The minimum absolute atomic E-state index is 0.128. The van der Waals surface area contributed by atoms with Gasteiger partial charge in [-0.25, -0.2) is 4.79 Å². The standard InChI is InChI=1S/C23H32O4/c1-21-8-5-16(24)12-15(21)3-4-19-18(21)6-9-22(2)17(7-10-23(19,22)26)14-11-20(25)27-13-14/h3,11,16-19,24,26H,4-10,12-13H2,1-2H3/t16-,17+,18?,19+,21-,22+,23-/m0/s1. The first-order chi connectivity index (χ1) is 12.8. The molecule has 3 saturated carbocycles. The number of allylic oxidation sites excluding steroid dienone is 1. The lowest BCUT2D eigenvalue weighted by molar-refractivity contribution is -0.176. The average molecular weight is 373 g/mol. The van der Waals surface area contributed by atoms with E-state index in [9.17, 15) is 15.0 Å². The molecule has 1 aliphatic heterocycles. The predicted octanol–water partition coefficient (Wildman–Crippen LogP) is 3.52. The third-order valence-corrected chi connectivity index (χ3v) is 9.40. The summed E-state index contributed by atoms with van der Waals surface area (Å²) in [5.41, 5.74) is 1.80. The molecule has 4 nitrogen and oxygen atoms in total. The molecular weight excluding hydrogens is 340 g/mol. The molecule has 1 heterocycles. The first-order valence-corrected chi connectivity index (χ1v) is 10.8. The molecule has 148 valence electrons. The molecule has 0 aromatic rings. The van der Waals surface area contributed by atoms with E-state index >= 15 is 0 Å². The van der Waals surface area contributed by atoms with Crippen molar-refractivity contribution < 1.29 is 19.7 Å². The molecule has 0 spiro atoms. The molecule has 0 radical (unpaired) electrons. The minimum atomic E-state index is -0.672. The van der Waals surface area contributed by atoms with Gasteiger partial charge in [0, 0.05) is 11.5 Å². The van der Waals surface area contributed by atoms with Gasteiger partial charge in [0.1, 0.15) is 6.61 Å². The molecular formula is C23H32O4. The van der Waals surface area contributed by atoms with Crippen LogP contribution in [0.5, 0.6) is 0 Å². The van der Waals surface area contributed by atoms with Crippen LogP contribution >= 0.6 is 0 Å². The SMILES string of the molecule is C[C@]12CC[C@H](O)CC1=CC[C@@H]1C2CC[C@]2(C)[C@@H](C3=CC(=O)OC3)CC[C@]12O. The van der Waals surface area contributed by atoms with Crippen LogP contribution in [-0.4, -0.2) is 34.5 Å². The van der Waals surface area contributed by atoms with Gasteiger partial charge in [-0.2, -0.15) is 0 Å². The molecule has 0 amide bonds. The summed E-state index contributed by atoms with van der Waals surface area (Å²) >= 11 is 0. The van der Waals surface area contributed by atoms with E-state index in [1.54, 1.807) is 6.08 Å². The maximum atomic E-state index is 12.1. The van der Waals surface area contributed by atoms with Crippen LogP contribution in [0, 0.1) is 28.6 Å². The lowest BCUT2D eigenvalue weighted by atomic mass is 9.45. The average Bonchev–Trinajstić information content (AvgIpc) is 3.16. The van der Waals surface area contributed by atoms with Crippen LogP contribution in [0.3, 0.4) is 0 Å². The molecule has 4 heteroatoms. The lowest BCUT2D eigenvalue weighted by Crippen LogP contribution is -2.60. The summed E-state index contributed by atoms with van der Waals surface area (Å²) in [6.07, 6.45) is 11.4. The van der Waals surface area contributed by atoms with Crippen molar-refractivity contribution in [3.63, 3.8) is 0 Å². The number of carbonyl (C=O) groups is 1. The monoisotopic (exact) mass is 372 g/mol. The van der Waals surface area contributed by atoms with Crippen LogP contribution in [0.2, 0.25) is 0 Å². The van der Waals surface area contributed by atoms with E-state index in [-0.39, 0.29) is 34.7 Å². The molecule has 0 bridgehead atoms. The molecule has 5 rings (SSSR count). The summed E-state index contributed by atoms with van der Waals surface area (Å²) in [6, 6.07) is 0. The van der Waals surface area contributed by atoms with E-state index in [2.05, 4.69) is 19.9 Å². The second kappa shape index (κ2) is 5.70. The summed E-state index contributed by atoms with van der Waals surface area (Å²) < 4.78 is 5.19. The fourth-order valence-corrected chi connectivity index (χ4v) is 7.79. The zero-order valence-corrected chi connectivity index (χ0v) is 16.5. The van der Waals surface area contributed by atoms with Crippen molar-refractivity contribution in [1.82, 2.24) is 0 Å². The van der Waals surface area contributed by atoms with Crippen LogP contribution in [0.4, 0.5) is 0 Å². The Morgan fingerprint density at radius 1 is 1.11 bits per heavy atom. The highest BCUT2D eigenvalue weighted by atomic mass is 16.5. The molecule has 0 aromatic heterocycles. The number of cyclic esters (lactones) is 1.